The number of aryl methyl sites for hydroxylation is 3. The summed E-state index contributed by atoms with van der Waals surface area (Å²) in [6, 6.07) is 4.33. The Labute approximate surface area is 117 Å². The fraction of sp³-hybridized carbons (Fsp3) is 0.467. The topological polar surface area (TPSA) is 46.3 Å². The summed E-state index contributed by atoms with van der Waals surface area (Å²) in [5, 5.41) is 1.85. The Kier molecular flexibility index (Phi) is 3.47. The van der Waals surface area contributed by atoms with Crippen molar-refractivity contribution in [1.29, 1.82) is 0 Å². The van der Waals surface area contributed by atoms with Crippen LogP contribution >= 0.6 is 10.7 Å². The number of primary amides is 1. The Morgan fingerprint density at radius 2 is 1.79 bits per heavy atom. The van der Waals surface area contributed by atoms with Crippen LogP contribution in [-0.2, 0) is 0 Å². The van der Waals surface area contributed by atoms with Gasteiger partial charge in [0.05, 0.1) is 5.69 Å². The Hall–Kier alpha value is -1.29. The van der Waals surface area contributed by atoms with E-state index in [2.05, 4.69) is 56.4 Å². The smallest absolute Gasteiger partial charge is 0.289 e. The molecule has 104 valence electrons. The maximum atomic E-state index is 11.7. The summed E-state index contributed by atoms with van der Waals surface area (Å²) in [6.07, 6.45) is 0. The van der Waals surface area contributed by atoms with E-state index >= 15 is 0 Å². The monoisotopic (exact) mass is 278 g/mol. The molecule has 2 rings (SSSR count). The van der Waals surface area contributed by atoms with Gasteiger partial charge < -0.3 is 10.0 Å². The molecule has 19 heavy (non-hydrogen) atoms. The molecule has 1 atom stereocenters. The number of rotatable bonds is 1. The highest BCUT2D eigenvalue weighted by atomic mass is 32.2. The lowest BCUT2D eigenvalue weighted by Gasteiger charge is -2.27. The maximum Gasteiger partial charge on any atom is 0.289 e. The number of hydrogen-bond acceptors (Lipinski definition) is 2. The van der Waals surface area contributed by atoms with Crippen LogP contribution in [0, 0.1) is 26.2 Å². The number of nitrogens with zero attached hydrogens (tertiary/aromatic N) is 1. The molecule has 1 heterocycles. The minimum atomic E-state index is -0.617. The average molecular weight is 278 g/mol. The van der Waals surface area contributed by atoms with Gasteiger partial charge in [0.1, 0.15) is 0 Å². The van der Waals surface area contributed by atoms with Crippen molar-refractivity contribution in [3.05, 3.63) is 28.8 Å². The molecule has 0 saturated carbocycles. The maximum absolute atomic E-state index is 11.7. The van der Waals surface area contributed by atoms with Crippen LogP contribution in [0.4, 0.5) is 10.5 Å². The Morgan fingerprint density at radius 3 is 2.26 bits per heavy atom. The van der Waals surface area contributed by atoms with Crippen LogP contribution in [0.2, 0.25) is 0 Å². The third-order valence-corrected chi connectivity index (χ3v) is 5.37. The summed E-state index contributed by atoms with van der Waals surface area (Å²) in [5.74, 6) is 0. The van der Waals surface area contributed by atoms with Crippen molar-refractivity contribution in [3.8, 4) is 0 Å². The predicted octanol–water partition coefficient (Wildman–Crippen LogP) is 3.52. The number of carbonyl (C=O) groups is 1. The summed E-state index contributed by atoms with van der Waals surface area (Å²) in [7, 11) is -0.617. The SMILES string of the molecule is Cc1cc(C)c(N2CC(C)(C)C=S2C(N)=O)c(C)c1. The molecule has 1 aliphatic heterocycles. The molecule has 0 fully saturated rings. The lowest BCUT2D eigenvalue weighted by molar-refractivity contribution is 0.267. The minimum Gasteiger partial charge on any atom is -0.360 e. The van der Waals surface area contributed by atoms with Crippen molar-refractivity contribution in [3.63, 3.8) is 0 Å². The van der Waals surface area contributed by atoms with Crippen LogP contribution in [0.25, 0.3) is 0 Å². The zero-order valence-electron chi connectivity index (χ0n) is 12.3. The predicted molar refractivity (Wildman–Crippen MR) is 85.0 cm³/mol. The first-order valence-electron chi connectivity index (χ1n) is 6.45. The fourth-order valence-electron chi connectivity index (χ4n) is 2.75. The zero-order valence-corrected chi connectivity index (χ0v) is 13.1. The van der Waals surface area contributed by atoms with Crippen molar-refractivity contribution >= 4 is 27.0 Å². The van der Waals surface area contributed by atoms with E-state index in [-0.39, 0.29) is 10.7 Å². The first-order valence-corrected chi connectivity index (χ1v) is 7.70. The Balaban J connectivity index is 2.54. The van der Waals surface area contributed by atoms with Crippen molar-refractivity contribution in [1.82, 2.24) is 0 Å². The molecule has 0 bridgehead atoms. The van der Waals surface area contributed by atoms with E-state index < -0.39 is 10.7 Å². The quantitative estimate of drug-likeness (QED) is 0.799. The molecule has 1 amide bonds. The highest BCUT2D eigenvalue weighted by Crippen LogP contribution is 2.42. The number of carbonyl (C=O) groups excluding carboxylic acids is 1. The summed E-state index contributed by atoms with van der Waals surface area (Å²) in [5.41, 5.74) is 10.4. The number of hydrogen-bond donors (Lipinski definition) is 1. The number of amides is 1. The van der Waals surface area contributed by atoms with Gasteiger partial charge in [-0.05, 0) is 47.9 Å². The third kappa shape index (κ3) is 2.68. The lowest BCUT2D eigenvalue weighted by Crippen LogP contribution is -2.26. The van der Waals surface area contributed by atoms with Gasteiger partial charge in [-0.15, -0.1) is 0 Å². The fourth-order valence-corrected chi connectivity index (χ4v) is 4.85. The van der Waals surface area contributed by atoms with Gasteiger partial charge in [-0.25, -0.2) is 0 Å². The molecular weight excluding hydrogens is 256 g/mol. The second-order valence-electron chi connectivity index (χ2n) is 6.02. The first kappa shape index (κ1) is 14.1. The second-order valence-corrected chi connectivity index (χ2v) is 7.73. The van der Waals surface area contributed by atoms with Crippen LogP contribution in [-0.4, -0.2) is 17.2 Å². The van der Waals surface area contributed by atoms with Crippen molar-refractivity contribution in [2.24, 2.45) is 11.1 Å². The number of anilines is 1. The van der Waals surface area contributed by atoms with Gasteiger partial charge in [0.15, 0.2) is 0 Å². The van der Waals surface area contributed by atoms with Crippen LogP contribution in [0.5, 0.6) is 0 Å². The summed E-state index contributed by atoms with van der Waals surface area (Å²) in [4.78, 5) is 11.7. The van der Waals surface area contributed by atoms with E-state index in [4.69, 9.17) is 5.73 Å². The molecule has 2 N–H and O–H groups in total. The largest absolute Gasteiger partial charge is 0.360 e. The molecule has 0 saturated heterocycles. The summed E-state index contributed by atoms with van der Waals surface area (Å²) < 4.78 is 2.17. The molecule has 1 aromatic rings. The molecule has 0 radical (unpaired) electrons. The zero-order chi connectivity index (χ0) is 14.4. The van der Waals surface area contributed by atoms with E-state index in [1.54, 1.807) is 0 Å². The second kappa shape index (κ2) is 4.67. The van der Waals surface area contributed by atoms with Gasteiger partial charge in [0, 0.05) is 12.0 Å². The van der Waals surface area contributed by atoms with E-state index in [9.17, 15) is 4.79 Å². The Bertz CT molecular complexity index is 553. The minimum absolute atomic E-state index is 0.0158. The van der Waals surface area contributed by atoms with Crippen LogP contribution < -0.4 is 10.0 Å². The molecule has 3 nitrogen and oxygen atoms in total. The van der Waals surface area contributed by atoms with E-state index in [0.29, 0.717) is 0 Å². The van der Waals surface area contributed by atoms with Crippen molar-refractivity contribution in [2.75, 3.05) is 10.8 Å². The highest BCUT2D eigenvalue weighted by Gasteiger charge is 2.33. The molecule has 4 heteroatoms. The van der Waals surface area contributed by atoms with E-state index in [1.165, 1.54) is 16.7 Å². The van der Waals surface area contributed by atoms with Gasteiger partial charge in [0.25, 0.3) is 5.24 Å². The molecule has 1 aromatic carbocycles. The van der Waals surface area contributed by atoms with Crippen molar-refractivity contribution in [2.45, 2.75) is 34.6 Å². The van der Waals surface area contributed by atoms with Crippen LogP contribution in [0.3, 0.4) is 0 Å². The lowest BCUT2D eigenvalue weighted by atomic mass is 9.96. The molecule has 1 aliphatic rings. The van der Waals surface area contributed by atoms with Gasteiger partial charge in [-0.3, -0.25) is 4.79 Å². The number of nitrogens with two attached hydrogens (primary N) is 1. The standard InChI is InChI=1S/C15H22N2OS/c1-10-6-11(2)13(12(3)7-10)17-8-15(4,5)9-19(17)14(16)18/h6-7,9H,8H2,1-5H3,(H2,16,18). The summed E-state index contributed by atoms with van der Waals surface area (Å²) >= 11 is 0. The van der Waals surface area contributed by atoms with Gasteiger partial charge in [-0.2, -0.15) is 0 Å². The van der Waals surface area contributed by atoms with E-state index in [1.807, 2.05) is 0 Å². The van der Waals surface area contributed by atoms with Gasteiger partial charge >= 0.3 is 0 Å². The molecule has 0 spiro atoms. The van der Waals surface area contributed by atoms with Gasteiger partial charge in [0.2, 0.25) is 0 Å². The first-order chi connectivity index (χ1) is 8.71. The normalized spacial score (nSPS) is 21.3. The molecule has 0 aliphatic carbocycles. The number of benzene rings is 1. The van der Waals surface area contributed by atoms with Crippen molar-refractivity contribution < 1.29 is 4.79 Å². The van der Waals surface area contributed by atoms with Gasteiger partial charge in [-0.1, -0.05) is 31.5 Å². The third-order valence-electron chi connectivity index (χ3n) is 3.31. The molecular formula is C15H22N2OS. The summed E-state index contributed by atoms with van der Waals surface area (Å²) in [6.45, 7) is 11.4. The Morgan fingerprint density at radius 1 is 1.26 bits per heavy atom. The van der Waals surface area contributed by atoms with Crippen LogP contribution in [0.1, 0.15) is 30.5 Å². The highest BCUT2D eigenvalue weighted by molar-refractivity contribution is 8.28. The molecule has 0 aromatic heterocycles. The van der Waals surface area contributed by atoms with Crippen LogP contribution in [0.15, 0.2) is 12.1 Å². The van der Waals surface area contributed by atoms with E-state index in [0.717, 1.165) is 12.2 Å². The molecule has 1 unspecified atom stereocenters. The average Bonchev–Trinajstić information content (AvgIpc) is 2.53.